The van der Waals surface area contributed by atoms with Crippen LogP contribution in [0.3, 0.4) is 0 Å². The standard InChI is InChI=1S/C11H9BrClN3O3/c12-6-1-2-8(13)10(3-6)18-5-7-4-9(16-19-7)11(17)15-14/h1-4H,5,14H2,(H,15,17). The van der Waals surface area contributed by atoms with E-state index in [9.17, 15) is 4.79 Å². The van der Waals surface area contributed by atoms with Gasteiger partial charge in [-0.15, -0.1) is 0 Å². The van der Waals surface area contributed by atoms with Crippen LogP contribution in [0.5, 0.6) is 5.75 Å². The number of carbonyl (C=O) groups is 1. The molecule has 3 N–H and O–H groups in total. The van der Waals surface area contributed by atoms with Crippen LogP contribution in [-0.2, 0) is 6.61 Å². The number of benzene rings is 1. The van der Waals surface area contributed by atoms with Crippen molar-refractivity contribution < 1.29 is 14.1 Å². The second-order valence-electron chi connectivity index (χ2n) is 3.52. The average molecular weight is 347 g/mol. The van der Waals surface area contributed by atoms with Crippen LogP contribution in [0, 0.1) is 0 Å². The highest BCUT2D eigenvalue weighted by Crippen LogP contribution is 2.28. The summed E-state index contributed by atoms with van der Waals surface area (Å²) in [4.78, 5) is 11.2. The van der Waals surface area contributed by atoms with Crippen molar-refractivity contribution >= 4 is 33.4 Å². The number of hydrogen-bond acceptors (Lipinski definition) is 5. The van der Waals surface area contributed by atoms with Crippen LogP contribution < -0.4 is 16.0 Å². The summed E-state index contributed by atoms with van der Waals surface area (Å²) >= 11 is 9.28. The third-order valence-corrected chi connectivity index (χ3v) is 2.99. The molecule has 2 rings (SSSR count). The second kappa shape index (κ2) is 6.05. The average Bonchev–Trinajstić information content (AvgIpc) is 2.88. The third-order valence-electron chi connectivity index (χ3n) is 2.19. The number of nitrogens with zero attached hydrogens (tertiary/aromatic N) is 1. The summed E-state index contributed by atoms with van der Waals surface area (Å²) in [5.41, 5.74) is 2.04. The summed E-state index contributed by atoms with van der Waals surface area (Å²) in [6.45, 7) is 0.0982. The highest BCUT2D eigenvalue weighted by Gasteiger charge is 2.12. The Kier molecular flexibility index (Phi) is 4.41. The first-order valence-electron chi connectivity index (χ1n) is 5.14. The van der Waals surface area contributed by atoms with Crippen LogP contribution in [0.1, 0.15) is 16.2 Å². The van der Waals surface area contributed by atoms with Gasteiger partial charge in [-0.3, -0.25) is 10.2 Å². The van der Waals surface area contributed by atoms with Crippen LogP contribution in [0.4, 0.5) is 0 Å². The summed E-state index contributed by atoms with van der Waals surface area (Å²) in [6, 6.07) is 6.67. The molecule has 6 nitrogen and oxygen atoms in total. The van der Waals surface area contributed by atoms with Crippen molar-refractivity contribution in [2.75, 3.05) is 0 Å². The Hall–Kier alpha value is -1.57. The van der Waals surface area contributed by atoms with E-state index in [1.165, 1.54) is 6.07 Å². The van der Waals surface area contributed by atoms with E-state index in [0.29, 0.717) is 16.5 Å². The number of halogens is 2. The SMILES string of the molecule is NNC(=O)c1cc(COc2cc(Br)ccc2Cl)on1. The number of amides is 1. The molecule has 1 amide bonds. The Balaban J connectivity index is 2.04. The molecule has 0 aliphatic heterocycles. The number of rotatable bonds is 4. The molecular formula is C11H9BrClN3O3. The maximum atomic E-state index is 11.2. The van der Waals surface area contributed by atoms with Gasteiger partial charge in [0.05, 0.1) is 5.02 Å². The molecule has 1 aromatic carbocycles. The molecule has 0 aliphatic carbocycles. The number of nitrogens with one attached hydrogen (secondary N) is 1. The lowest BCUT2D eigenvalue weighted by atomic mass is 10.3. The van der Waals surface area contributed by atoms with Gasteiger partial charge in [-0.1, -0.05) is 32.7 Å². The third kappa shape index (κ3) is 3.46. The fourth-order valence-corrected chi connectivity index (χ4v) is 1.81. The first-order valence-corrected chi connectivity index (χ1v) is 6.31. The molecule has 1 heterocycles. The predicted octanol–water partition coefficient (Wildman–Crippen LogP) is 2.27. The molecule has 0 saturated carbocycles. The Morgan fingerprint density at radius 2 is 2.32 bits per heavy atom. The summed E-state index contributed by atoms with van der Waals surface area (Å²) in [5, 5.41) is 4.02. The van der Waals surface area contributed by atoms with Gasteiger partial charge in [0.2, 0.25) is 0 Å². The van der Waals surface area contributed by atoms with Gasteiger partial charge in [-0.25, -0.2) is 5.84 Å². The molecule has 0 spiro atoms. The normalized spacial score (nSPS) is 10.3. The predicted molar refractivity (Wildman–Crippen MR) is 71.6 cm³/mol. The molecule has 2 aromatic rings. The number of hydrazine groups is 1. The summed E-state index contributed by atoms with van der Waals surface area (Å²) in [5.74, 6) is 5.33. The minimum absolute atomic E-state index is 0.0847. The molecule has 0 atom stereocenters. The fourth-order valence-electron chi connectivity index (χ4n) is 1.30. The van der Waals surface area contributed by atoms with Crippen molar-refractivity contribution in [3.63, 3.8) is 0 Å². The van der Waals surface area contributed by atoms with Crippen LogP contribution in [0.2, 0.25) is 5.02 Å². The molecule has 0 aliphatic rings. The fraction of sp³-hybridized carbons (Fsp3) is 0.0909. The molecule has 100 valence electrons. The lowest BCUT2D eigenvalue weighted by Crippen LogP contribution is -2.30. The lowest BCUT2D eigenvalue weighted by molar-refractivity contribution is 0.0944. The van der Waals surface area contributed by atoms with E-state index in [2.05, 4.69) is 21.1 Å². The van der Waals surface area contributed by atoms with Gasteiger partial charge in [0.15, 0.2) is 11.5 Å². The Morgan fingerprint density at radius 1 is 1.53 bits per heavy atom. The van der Waals surface area contributed by atoms with E-state index in [4.69, 9.17) is 26.7 Å². The number of nitrogen functional groups attached to an aromatic ring is 1. The van der Waals surface area contributed by atoms with Crippen LogP contribution in [0.15, 0.2) is 33.3 Å². The van der Waals surface area contributed by atoms with E-state index in [1.54, 1.807) is 18.2 Å². The van der Waals surface area contributed by atoms with Gasteiger partial charge in [-0.05, 0) is 18.2 Å². The molecule has 0 saturated heterocycles. The van der Waals surface area contributed by atoms with E-state index >= 15 is 0 Å². The zero-order chi connectivity index (χ0) is 13.8. The number of ether oxygens (including phenoxy) is 1. The second-order valence-corrected chi connectivity index (χ2v) is 4.84. The van der Waals surface area contributed by atoms with Crippen molar-refractivity contribution in [3.8, 4) is 5.75 Å². The van der Waals surface area contributed by atoms with Gasteiger partial charge < -0.3 is 9.26 Å². The summed E-state index contributed by atoms with van der Waals surface area (Å²) < 4.78 is 11.2. The van der Waals surface area contributed by atoms with E-state index in [1.807, 2.05) is 5.43 Å². The van der Waals surface area contributed by atoms with Gasteiger partial charge in [0.25, 0.3) is 5.91 Å². The number of nitrogens with two attached hydrogens (primary N) is 1. The quantitative estimate of drug-likeness (QED) is 0.503. The topological polar surface area (TPSA) is 90.4 Å². The highest BCUT2D eigenvalue weighted by molar-refractivity contribution is 9.10. The molecule has 8 heteroatoms. The minimum Gasteiger partial charge on any atom is -0.484 e. The summed E-state index contributed by atoms with van der Waals surface area (Å²) in [6.07, 6.45) is 0. The van der Waals surface area contributed by atoms with E-state index in [-0.39, 0.29) is 12.3 Å². The van der Waals surface area contributed by atoms with Crippen LogP contribution >= 0.6 is 27.5 Å². The molecule has 19 heavy (non-hydrogen) atoms. The molecule has 1 aromatic heterocycles. The number of carbonyl (C=O) groups excluding carboxylic acids is 1. The maximum absolute atomic E-state index is 11.2. The van der Waals surface area contributed by atoms with Crippen molar-refractivity contribution in [1.29, 1.82) is 0 Å². The molecule has 0 bridgehead atoms. The first kappa shape index (κ1) is 13.9. The molecule has 0 unspecified atom stereocenters. The maximum Gasteiger partial charge on any atom is 0.287 e. The Morgan fingerprint density at radius 3 is 3.05 bits per heavy atom. The smallest absolute Gasteiger partial charge is 0.287 e. The van der Waals surface area contributed by atoms with Crippen LogP contribution in [0.25, 0.3) is 0 Å². The van der Waals surface area contributed by atoms with Gasteiger partial charge in [-0.2, -0.15) is 0 Å². The Labute approximate surface area is 121 Å². The van der Waals surface area contributed by atoms with Crippen molar-refractivity contribution in [2.45, 2.75) is 6.61 Å². The molecular weight excluding hydrogens is 337 g/mol. The van der Waals surface area contributed by atoms with Crippen molar-refractivity contribution in [2.24, 2.45) is 5.84 Å². The number of hydrogen-bond donors (Lipinski definition) is 2. The monoisotopic (exact) mass is 345 g/mol. The van der Waals surface area contributed by atoms with Crippen molar-refractivity contribution in [3.05, 3.63) is 45.2 Å². The van der Waals surface area contributed by atoms with Crippen LogP contribution in [-0.4, -0.2) is 11.1 Å². The lowest BCUT2D eigenvalue weighted by Gasteiger charge is -2.05. The zero-order valence-corrected chi connectivity index (χ0v) is 11.9. The van der Waals surface area contributed by atoms with E-state index in [0.717, 1.165) is 4.47 Å². The van der Waals surface area contributed by atoms with Gasteiger partial charge in [0.1, 0.15) is 12.4 Å². The minimum atomic E-state index is -0.532. The summed E-state index contributed by atoms with van der Waals surface area (Å²) in [7, 11) is 0. The number of aromatic nitrogens is 1. The molecule has 0 radical (unpaired) electrons. The Bertz CT molecular complexity index is 603. The van der Waals surface area contributed by atoms with Gasteiger partial charge >= 0.3 is 0 Å². The molecule has 0 fully saturated rings. The van der Waals surface area contributed by atoms with Gasteiger partial charge in [0, 0.05) is 10.5 Å². The highest BCUT2D eigenvalue weighted by atomic mass is 79.9. The zero-order valence-electron chi connectivity index (χ0n) is 9.52. The van der Waals surface area contributed by atoms with Crippen molar-refractivity contribution in [1.82, 2.24) is 10.6 Å². The van der Waals surface area contributed by atoms with E-state index < -0.39 is 5.91 Å². The largest absolute Gasteiger partial charge is 0.484 e. The first-order chi connectivity index (χ1) is 9.10.